The van der Waals surface area contributed by atoms with Crippen LogP contribution in [0.3, 0.4) is 0 Å². The molecule has 0 fully saturated rings. The van der Waals surface area contributed by atoms with E-state index in [1.807, 2.05) is 0 Å². The average Bonchev–Trinajstić information content (AvgIpc) is 2.55. The van der Waals surface area contributed by atoms with E-state index in [0.717, 1.165) is 11.8 Å². The van der Waals surface area contributed by atoms with Crippen LogP contribution in [0.5, 0.6) is 0 Å². The predicted octanol–water partition coefficient (Wildman–Crippen LogP) is 2.24. The van der Waals surface area contributed by atoms with Gasteiger partial charge in [-0.15, -0.1) is 0 Å². The van der Waals surface area contributed by atoms with E-state index in [4.69, 9.17) is 0 Å². The number of carbonyl (C=O) groups excluding carboxylic acids is 1. The summed E-state index contributed by atoms with van der Waals surface area (Å²) in [5.41, 5.74) is 4.53. The molecule has 1 N–H and O–H groups in total. The largest absolute Gasteiger partial charge is 0.273 e. The van der Waals surface area contributed by atoms with E-state index in [1.54, 1.807) is 24.3 Å². The van der Waals surface area contributed by atoms with Crippen LogP contribution < -0.4 is 5.43 Å². The number of halogens is 1. The number of hydrogen-bond acceptors (Lipinski definition) is 4. The number of nitrogens with one attached hydrogen (secondary N) is 1. The predicted molar refractivity (Wildman–Crippen MR) is 88.0 cm³/mol. The van der Waals surface area contributed by atoms with E-state index in [1.165, 1.54) is 24.3 Å². The molecule has 1 atom stereocenters. The highest BCUT2D eigenvalue weighted by atomic mass is 32.2. The third-order valence-corrected chi connectivity index (χ3v) is 5.00. The SMILES string of the molecule is CS(=O)(=O)c1ccc(C2CC(=O)NN=C2c2ccc(F)cc2)cc1. The number of hydrazone groups is 1. The van der Waals surface area contributed by atoms with E-state index < -0.39 is 9.84 Å². The lowest BCUT2D eigenvalue weighted by Crippen LogP contribution is -2.32. The molecular formula is C17H15FN2O3S. The zero-order chi connectivity index (χ0) is 17.3. The molecule has 0 saturated carbocycles. The van der Waals surface area contributed by atoms with Crippen molar-refractivity contribution in [3.05, 3.63) is 65.5 Å². The maximum Gasteiger partial charge on any atom is 0.241 e. The molecule has 0 saturated heterocycles. The maximum absolute atomic E-state index is 13.1. The van der Waals surface area contributed by atoms with Crippen molar-refractivity contribution in [1.82, 2.24) is 5.43 Å². The Morgan fingerprint density at radius 3 is 2.29 bits per heavy atom. The summed E-state index contributed by atoms with van der Waals surface area (Å²) in [5.74, 6) is -0.899. The lowest BCUT2D eigenvalue weighted by molar-refractivity contribution is -0.121. The fraction of sp³-hybridized carbons (Fsp3) is 0.176. The highest BCUT2D eigenvalue weighted by Crippen LogP contribution is 2.28. The molecule has 7 heteroatoms. The molecule has 0 aromatic heterocycles. The molecule has 1 aliphatic heterocycles. The number of hydrogen-bond donors (Lipinski definition) is 1. The van der Waals surface area contributed by atoms with E-state index in [2.05, 4.69) is 10.5 Å². The summed E-state index contributed by atoms with van der Waals surface area (Å²) in [6.07, 6.45) is 1.33. The summed E-state index contributed by atoms with van der Waals surface area (Å²) in [6.45, 7) is 0. The van der Waals surface area contributed by atoms with Crippen LogP contribution in [0.1, 0.15) is 23.5 Å². The Kier molecular flexibility index (Phi) is 4.19. The van der Waals surface area contributed by atoms with E-state index in [-0.39, 0.29) is 29.0 Å². The first-order valence-corrected chi connectivity index (χ1v) is 9.16. The first-order chi connectivity index (χ1) is 11.3. The minimum Gasteiger partial charge on any atom is -0.273 e. The Morgan fingerprint density at radius 1 is 1.08 bits per heavy atom. The maximum atomic E-state index is 13.1. The van der Waals surface area contributed by atoms with Gasteiger partial charge >= 0.3 is 0 Å². The van der Waals surface area contributed by atoms with Gasteiger partial charge in [0.2, 0.25) is 5.91 Å². The zero-order valence-corrected chi connectivity index (χ0v) is 13.7. The number of benzene rings is 2. The smallest absolute Gasteiger partial charge is 0.241 e. The Bertz CT molecular complexity index is 904. The average molecular weight is 346 g/mol. The van der Waals surface area contributed by atoms with Gasteiger partial charge in [-0.2, -0.15) is 5.10 Å². The highest BCUT2D eigenvalue weighted by Gasteiger charge is 2.27. The van der Waals surface area contributed by atoms with Crippen LogP contribution in [0.15, 0.2) is 58.5 Å². The van der Waals surface area contributed by atoms with Crippen molar-refractivity contribution in [2.45, 2.75) is 17.2 Å². The number of sulfone groups is 1. The second-order valence-corrected chi connectivity index (χ2v) is 7.65. The minimum atomic E-state index is -3.28. The molecule has 1 aliphatic rings. The Balaban J connectivity index is 2.00. The van der Waals surface area contributed by atoms with Crippen molar-refractivity contribution in [2.24, 2.45) is 5.10 Å². The molecular weight excluding hydrogens is 331 g/mol. The van der Waals surface area contributed by atoms with Gasteiger partial charge < -0.3 is 0 Å². The fourth-order valence-corrected chi connectivity index (χ4v) is 3.27. The number of carbonyl (C=O) groups is 1. The molecule has 1 unspecified atom stereocenters. The quantitative estimate of drug-likeness (QED) is 0.926. The summed E-state index contributed by atoms with van der Waals surface area (Å²) in [7, 11) is -3.28. The lowest BCUT2D eigenvalue weighted by Gasteiger charge is -2.23. The third-order valence-electron chi connectivity index (χ3n) is 3.87. The third kappa shape index (κ3) is 3.35. The molecule has 24 heavy (non-hydrogen) atoms. The van der Waals surface area contributed by atoms with E-state index in [9.17, 15) is 17.6 Å². The molecule has 3 rings (SSSR count). The summed E-state index contributed by atoms with van der Waals surface area (Å²) in [5, 5.41) is 4.12. The normalized spacial score (nSPS) is 18.0. The van der Waals surface area contributed by atoms with Crippen LogP contribution in [0.2, 0.25) is 0 Å². The summed E-state index contributed by atoms with van der Waals surface area (Å²) in [4.78, 5) is 11.9. The summed E-state index contributed by atoms with van der Waals surface area (Å²) < 4.78 is 36.3. The number of nitrogens with zero attached hydrogens (tertiary/aromatic N) is 1. The molecule has 1 heterocycles. The van der Waals surface area contributed by atoms with Crippen molar-refractivity contribution < 1.29 is 17.6 Å². The van der Waals surface area contributed by atoms with Crippen molar-refractivity contribution >= 4 is 21.5 Å². The van der Waals surface area contributed by atoms with Crippen LogP contribution in [0.4, 0.5) is 4.39 Å². The molecule has 1 amide bonds. The monoisotopic (exact) mass is 346 g/mol. The molecule has 0 bridgehead atoms. The molecule has 2 aromatic rings. The van der Waals surface area contributed by atoms with Crippen molar-refractivity contribution in [3.63, 3.8) is 0 Å². The van der Waals surface area contributed by atoms with Crippen LogP contribution in [-0.2, 0) is 14.6 Å². The Labute approximate surface area is 139 Å². The van der Waals surface area contributed by atoms with Gasteiger partial charge in [-0.3, -0.25) is 4.79 Å². The van der Waals surface area contributed by atoms with Gasteiger partial charge in [0.05, 0.1) is 10.6 Å². The van der Waals surface area contributed by atoms with E-state index in [0.29, 0.717) is 11.3 Å². The van der Waals surface area contributed by atoms with Gasteiger partial charge in [0, 0.05) is 18.6 Å². The van der Waals surface area contributed by atoms with Crippen LogP contribution >= 0.6 is 0 Å². The first kappa shape index (κ1) is 16.3. The van der Waals surface area contributed by atoms with Crippen LogP contribution in [-0.4, -0.2) is 26.3 Å². The lowest BCUT2D eigenvalue weighted by atomic mass is 9.86. The van der Waals surface area contributed by atoms with Crippen molar-refractivity contribution in [2.75, 3.05) is 6.26 Å². The first-order valence-electron chi connectivity index (χ1n) is 7.27. The van der Waals surface area contributed by atoms with Crippen molar-refractivity contribution in [3.8, 4) is 0 Å². The van der Waals surface area contributed by atoms with Gasteiger partial charge in [-0.05, 0) is 35.4 Å². The van der Waals surface area contributed by atoms with Gasteiger partial charge in [-0.25, -0.2) is 18.2 Å². The van der Waals surface area contributed by atoms with Crippen molar-refractivity contribution in [1.29, 1.82) is 0 Å². The Hall–Kier alpha value is -2.54. The topological polar surface area (TPSA) is 75.6 Å². The van der Waals surface area contributed by atoms with Crippen LogP contribution in [0.25, 0.3) is 0 Å². The van der Waals surface area contributed by atoms with Crippen LogP contribution in [0, 0.1) is 5.82 Å². The molecule has 5 nitrogen and oxygen atoms in total. The summed E-state index contributed by atoms with van der Waals surface area (Å²) >= 11 is 0. The van der Waals surface area contributed by atoms with Gasteiger partial charge in [0.25, 0.3) is 0 Å². The number of rotatable bonds is 3. The van der Waals surface area contributed by atoms with Gasteiger partial charge in [-0.1, -0.05) is 24.3 Å². The molecule has 0 aliphatic carbocycles. The second kappa shape index (κ2) is 6.16. The molecule has 0 spiro atoms. The summed E-state index contributed by atoms with van der Waals surface area (Å²) in [6, 6.07) is 12.2. The minimum absolute atomic E-state index is 0.189. The highest BCUT2D eigenvalue weighted by molar-refractivity contribution is 7.90. The molecule has 2 aromatic carbocycles. The van der Waals surface area contributed by atoms with Gasteiger partial charge in [0.15, 0.2) is 9.84 Å². The zero-order valence-electron chi connectivity index (χ0n) is 12.9. The molecule has 0 radical (unpaired) electrons. The number of amides is 1. The van der Waals surface area contributed by atoms with Gasteiger partial charge in [0.1, 0.15) is 5.82 Å². The second-order valence-electron chi connectivity index (χ2n) is 5.64. The standard InChI is InChI=1S/C17H15FN2O3S/c1-24(22,23)14-8-4-11(5-9-14)15-10-16(21)19-20-17(15)12-2-6-13(18)7-3-12/h2-9,15H,10H2,1H3,(H,19,21). The molecule has 124 valence electrons. The Morgan fingerprint density at radius 2 is 1.71 bits per heavy atom. The van der Waals surface area contributed by atoms with E-state index >= 15 is 0 Å². The fourth-order valence-electron chi connectivity index (χ4n) is 2.64.